The molecule has 2 aromatic heterocycles. The molecule has 1 fully saturated rings. The van der Waals surface area contributed by atoms with Crippen LogP contribution in [0.15, 0.2) is 23.1 Å². The average molecular weight is 299 g/mol. The van der Waals surface area contributed by atoms with Crippen molar-refractivity contribution >= 4 is 17.8 Å². The van der Waals surface area contributed by atoms with Crippen LogP contribution < -0.4 is 10.5 Å². The standard InChI is InChI=1S/C17H21N3O2/c1-11-7-12(2)9-19(8-11)16-14(10-21)17(22)20-6-4-5-13(3)15(20)18-16/h4-6,10-12H,7-9H2,1-3H3/t11-,12+. The van der Waals surface area contributed by atoms with Crippen molar-refractivity contribution in [2.75, 3.05) is 18.0 Å². The number of fused-ring (bicyclic) bond motifs is 1. The van der Waals surface area contributed by atoms with Gasteiger partial charge in [0, 0.05) is 19.3 Å². The summed E-state index contributed by atoms with van der Waals surface area (Å²) in [6, 6.07) is 3.72. The summed E-state index contributed by atoms with van der Waals surface area (Å²) >= 11 is 0. The van der Waals surface area contributed by atoms with Gasteiger partial charge in [-0.3, -0.25) is 14.0 Å². The summed E-state index contributed by atoms with van der Waals surface area (Å²) in [7, 11) is 0. The lowest BCUT2D eigenvalue weighted by Crippen LogP contribution is -2.41. The number of rotatable bonds is 2. The number of piperidine rings is 1. The Morgan fingerprint density at radius 2 is 1.95 bits per heavy atom. The largest absolute Gasteiger partial charge is 0.355 e. The van der Waals surface area contributed by atoms with Gasteiger partial charge in [-0.2, -0.15) is 0 Å². The number of nitrogens with zero attached hydrogens (tertiary/aromatic N) is 3. The Labute approximate surface area is 129 Å². The molecule has 0 spiro atoms. The second-order valence-corrected chi connectivity index (χ2v) is 6.51. The minimum Gasteiger partial charge on any atom is -0.355 e. The van der Waals surface area contributed by atoms with Crippen LogP contribution in [0.3, 0.4) is 0 Å². The number of carbonyl (C=O) groups excluding carboxylic acids is 1. The van der Waals surface area contributed by atoms with Crippen molar-refractivity contribution in [3.05, 3.63) is 39.8 Å². The first-order chi connectivity index (χ1) is 10.5. The molecule has 2 aromatic rings. The molecule has 1 saturated heterocycles. The molecule has 2 atom stereocenters. The van der Waals surface area contributed by atoms with Gasteiger partial charge in [0.2, 0.25) is 0 Å². The number of hydrogen-bond acceptors (Lipinski definition) is 4. The molecule has 0 amide bonds. The van der Waals surface area contributed by atoms with E-state index in [1.807, 2.05) is 13.0 Å². The fraction of sp³-hybridized carbons (Fsp3) is 0.471. The predicted octanol–water partition coefficient (Wildman–Crippen LogP) is 2.30. The quantitative estimate of drug-likeness (QED) is 0.798. The molecular weight excluding hydrogens is 278 g/mol. The number of anilines is 1. The first-order valence-corrected chi connectivity index (χ1v) is 7.73. The van der Waals surface area contributed by atoms with Crippen LogP contribution in [-0.2, 0) is 0 Å². The maximum Gasteiger partial charge on any atom is 0.270 e. The lowest BCUT2D eigenvalue weighted by molar-refractivity contribution is 0.112. The van der Waals surface area contributed by atoms with Gasteiger partial charge in [-0.25, -0.2) is 4.98 Å². The van der Waals surface area contributed by atoms with Gasteiger partial charge in [0.1, 0.15) is 17.0 Å². The molecule has 22 heavy (non-hydrogen) atoms. The lowest BCUT2D eigenvalue weighted by atomic mass is 9.92. The molecular formula is C17H21N3O2. The highest BCUT2D eigenvalue weighted by atomic mass is 16.1. The second kappa shape index (κ2) is 5.55. The molecule has 5 nitrogen and oxygen atoms in total. The third kappa shape index (κ3) is 2.40. The van der Waals surface area contributed by atoms with Crippen LogP contribution in [0, 0.1) is 18.8 Å². The summed E-state index contributed by atoms with van der Waals surface area (Å²) in [5, 5.41) is 0. The van der Waals surface area contributed by atoms with Crippen molar-refractivity contribution in [3.8, 4) is 0 Å². The SMILES string of the molecule is Cc1cccn2c(=O)c(C=O)c(N3C[C@H](C)C[C@H](C)C3)nc12. The van der Waals surface area contributed by atoms with Gasteiger partial charge in [-0.1, -0.05) is 19.9 Å². The van der Waals surface area contributed by atoms with E-state index < -0.39 is 0 Å². The van der Waals surface area contributed by atoms with E-state index in [1.54, 1.807) is 12.3 Å². The second-order valence-electron chi connectivity index (χ2n) is 6.51. The third-order valence-corrected chi connectivity index (χ3v) is 4.35. The maximum absolute atomic E-state index is 12.6. The molecule has 3 rings (SSSR count). The molecule has 5 heteroatoms. The molecule has 0 aliphatic carbocycles. The Kier molecular flexibility index (Phi) is 3.72. The Bertz CT molecular complexity index is 771. The number of aldehydes is 1. The fourth-order valence-electron chi connectivity index (χ4n) is 3.48. The van der Waals surface area contributed by atoms with Crippen LogP contribution in [0.4, 0.5) is 5.82 Å². The number of carbonyl (C=O) groups is 1. The number of aromatic nitrogens is 2. The summed E-state index contributed by atoms with van der Waals surface area (Å²) in [5.74, 6) is 1.59. The minimum absolute atomic E-state index is 0.157. The smallest absolute Gasteiger partial charge is 0.270 e. The summed E-state index contributed by atoms with van der Waals surface area (Å²) in [6.07, 6.45) is 3.47. The Hall–Kier alpha value is -2.17. The summed E-state index contributed by atoms with van der Waals surface area (Å²) in [6.45, 7) is 7.98. The molecule has 116 valence electrons. The van der Waals surface area contributed by atoms with Crippen molar-refractivity contribution in [1.29, 1.82) is 0 Å². The van der Waals surface area contributed by atoms with E-state index in [9.17, 15) is 9.59 Å². The molecule has 0 radical (unpaired) electrons. The van der Waals surface area contributed by atoms with Gasteiger partial charge in [-0.15, -0.1) is 0 Å². The average Bonchev–Trinajstić information content (AvgIpc) is 2.47. The summed E-state index contributed by atoms with van der Waals surface area (Å²) < 4.78 is 1.46. The molecule has 1 aliphatic heterocycles. The van der Waals surface area contributed by atoms with Crippen LogP contribution in [0.5, 0.6) is 0 Å². The zero-order valence-electron chi connectivity index (χ0n) is 13.2. The molecule has 3 heterocycles. The Balaban J connectivity index is 2.22. The van der Waals surface area contributed by atoms with Crippen molar-refractivity contribution in [3.63, 3.8) is 0 Å². The fourth-order valence-corrected chi connectivity index (χ4v) is 3.48. The van der Waals surface area contributed by atoms with Crippen LogP contribution in [0.1, 0.15) is 36.2 Å². The Morgan fingerprint density at radius 3 is 2.59 bits per heavy atom. The van der Waals surface area contributed by atoms with E-state index in [0.717, 1.165) is 18.7 Å². The normalized spacial score (nSPS) is 22.0. The van der Waals surface area contributed by atoms with Gasteiger partial charge >= 0.3 is 0 Å². The lowest BCUT2D eigenvalue weighted by Gasteiger charge is -2.36. The highest BCUT2D eigenvalue weighted by Gasteiger charge is 2.26. The third-order valence-electron chi connectivity index (χ3n) is 4.35. The van der Waals surface area contributed by atoms with Crippen molar-refractivity contribution in [1.82, 2.24) is 9.38 Å². The van der Waals surface area contributed by atoms with Crippen molar-refractivity contribution in [2.24, 2.45) is 11.8 Å². The van der Waals surface area contributed by atoms with Gasteiger partial charge in [0.25, 0.3) is 5.56 Å². The summed E-state index contributed by atoms with van der Waals surface area (Å²) in [5.41, 5.74) is 1.42. The van der Waals surface area contributed by atoms with E-state index >= 15 is 0 Å². The van der Waals surface area contributed by atoms with Crippen LogP contribution in [0.2, 0.25) is 0 Å². The maximum atomic E-state index is 12.6. The zero-order valence-corrected chi connectivity index (χ0v) is 13.2. The minimum atomic E-state index is -0.287. The van der Waals surface area contributed by atoms with Crippen LogP contribution >= 0.6 is 0 Å². The van der Waals surface area contributed by atoms with Gasteiger partial charge in [0.15, 0.2) is 6.29 Å². The number of pyridine rings is 1. The number of hydrogen-bond donors (Lipinski definition) is 0. The van der Waals surface area contributed by atoms with E-state index in [2.05, 4.69) is 23.7 Å². The van der Waals surface area contributed by atoms with E-state index in [4.69, 9.17) is 0 Å². The molecule has 0 bridgehead atoms. The topological polar surface area (TPSA) is 54.7 Å². The predicted molar refractivity (Wildman–Crippen MR) is 86.7 cm³/mol. The molecule has 0 saturated carbocycles. The van der Waals surface area contributed by atoms with Crippen molar-refractivity contribution in [2.45, 2.75) is 27.2 Å². The van der Waals surface area contributed by atoms with Crippen molar-refractivity contribution < 1.29 is 4.79 Å². The summed E-state index contributed by atoms with van der Waals surface area (Å²) in [4.78, 5) is 30.9. The molecule has 0 aromatic carbocycles. The molecule has 1 aliphatic rings. The first-order valence-electron chi connectivity index (χ1n) is 7.73. The number of aryl methyl sites for hydroxylation is 1. The van der Waals surface area contributed by atoms with E-state index in [1.165, 1.54) is 10.8 Å². The monoisotopic (exact) mass is 299 g/mol. The highest BCUT2D eigenvalue weighted by Crippen LogP contribution is 2.26. The van der Waals surface area contributed by atoms with E-state index in [0.29, 0.717) is 29.6 Å². The molecule has 0 N–H and O–H groups in total. The first kappa shape index (κ1) is 14.8. The van der Waals surface area contributed by atoms with Gasteiger partial charge in [0.05, 0.1) is 0 Å². The van der Waals surface area contributed by atoms with Crippen LogP contribution in [0.25, 0.3) is 5.65 Å². The van der Waals surface area contributed by atoms with Gasteiger partial charge in [-0.05, 0) is 36.8 Å². The highest BCUT2D eigenvalue weighted by molar-refractivity contribution is 5.83. The Morgan fingerprint density at radius 1 is 1.27 bits per heavy atom. The van der Waals surface area contributed by atoms with Gasteiger partial charge < -0.3 is 4.90 Å². The van der Waals surface area contributed by atoms with Crippen LogP contribution in [-0.4, -0.2) is 28.8 Å². The zero-order chi connectivity index (χ0) is 15.9. The molecule has 0 unspecified atom stereocenters. The van der Waals surface area contributed by atoms with E-state index in [-0.39, 0.29) is 11.1 Å².